The fourth-order valence-electron chi connectivity index (χ4n) is 3.15. The van der Waals surface area contributed by atoms with Gasteiger partial charge in [-0.25, -0.2) is 8.78 Å². The van der Waals surface area contributed by atoms with Crippen molar-refractivity contribution in [2.24, 2.45) is 11.5 Å². The number of nitrogens with two attached hydrogens (primary N) is 2. The van der Waals surface area contributed by atoms with E-state index in [1.165, 1.54) is 11.6 Å². The van der Waals surface area contributed by atoms with Crippen LogP contribution >= 0.6 is 0 Å². The summed E-state index contributed by atoms with van der Waals surface area (Å²) in [6.07, 6.45) is 2.20. The van der Waals surface area contributed by atoms with Crippen LogP contribution < -0.4 is 11.5 Å². The first-order chi connectivity index (χ1) is 15.5. The highest BCUT2D eigenvalue weighted by Gasteiger charge is 2.13. The van der Waals surface area contributed by atoms with Crippen molar-refractivity contribution in [2.75, 3.05) is 6.54 Å². The second-order valence-electron chi connectivity index (χ2n) is 7.08. The van der Waals surface area contributed by atoms with Crippen molar-refractivity contribution >= 4 is 5.91 Å². The minimum absolute atomic E-state index is 0.350. The Morgan fingerprint density at radius 3 is 2.31 bits per heavy atom. The highest BCUT2D eigenvalue weighted by Crippen LogP contribution is 2.27. The van der Waals surface area contributed by atoms with Crippen LogP contribution in [0.3, 0.4) is 0 Å². The summed E-state index contributed by atoms with van der Waals surface area (Å²) in [7, 11) is 0. The summed E-state index contributed by atoms with van der Waals surface area (Å²) < 4.78 is 26.3. The smallest absolute Gasteiger partial charge is 0.249 e. The number of rotatable bonds is 6. The number of halogens is 2. The van der Waals surface area contributed by atoms with Crippen LogP contribution in [-0.2, 0) is 6.42 Å². The van der Waals surface area contributed by atoms with Gasteiger partial charge in [0.1, 0.15) is 0 Å². The Hall–Kier alpha value is -3.84. The minimum Gasteiger partial charge on any atom is -0.366 e. The number of aryl methyl sites for hydroxylation is 1. The summed E-state index contributed by atoms with van der Waals surface area (Å²) in [5.41, 5.74) is 14.5. The molecule has 0 radical (unpaired) electrons. The van der Waals surface area contributed by atoms with Gasteiger partial charge in [-0.2, -0.15) is 5.10 Å². The highest BCUT2D eigenvalue weighted by atomic mass is 19.2. The van der Waals surface area contributed by atoms with E-state index in [-0.39, 0.29) is 0 Å². The van der Waals surface area contributed by atoms with Crippen LogP contribution in [0.15, 0.2) is 78.9 Å². The van der Waals surface area contributed by atoms with Crippen LogP contribution in [0.5, 0.6) is 0 Å². The third-order valence-corrected chi connectivity index (χ3v) is 4.79. The number of H-pyrrole nitrogens is 1. The molecule has 0 fully saturated rings. The van der Waals surface area contributed by atoms with E-state index in [1.807, 2.05) is 6.07 Å². The molecular formula is C25H24F2N4O. The molecule has 0 atom stereocenters. The van der Waals surface area contributed by atoms with Gasteiger partial charge in [-0.15, -0.1) is 0 Å². The van der Waals surface area contributed by atoms with Gasteiger partial charge in [0.15, 0.2) is 11.6 Å². The Morgan fingerprint density at radius 1 is 0.906 bits per heavy atom. The molecule has 1 aromatic heterocycles. The molecule has 1 amide bonds. The molecule has 7 heteroatoms. The van der Waals surface area contributed by atoms with E-state index in [0.29, 0.717) is 28.1 Å². The molecule has 3 aromatic carbocycles. The predicted molar refractivity (Wildman–Crippen MR) is 122 cm³/mol. The molecule has 0 bridgehead atoms. The predicted octanol–water partition coefficient (Wildman–Crippen LogP) is 4.70. The number of nitrogens with zero attached hydrogens (tertiary/aromatic N) is 1. The van der Waals surface area contributed by atoms with Crippen LogP contribution in [0.2, 0.25) is 0 Å². The van der Waals surface area contributed by atoms with Crippen LogP contribution in [0.1, 0.15) is 22.3 Å². The summed E-state index contributed by atoms with van der Waals surface area (Å²) in [6, 6.07) is 22.4. The lowest BCUT2D eigenvalue weighted by molar-refractivity contribution is 0.100. The molecule has 4 aromatic rings. The molecule has 0 aliphatic rings. The summed E-state index contributed by atoms with van der Waals surface area (Å²) in [6.45, 7) is 0.787. The van der Waals surface area contributed by atoms with Gasteiger partial charge < -0.3 is 11.5 Å². The number of benzene rings is 3. The number of carbonyl (C=O) groups excluding carboxylic acids is 1. The quantitative estimate of drug-likeness (QED) is 0.410. The summed E-state index contributed by atoms with van der Waals surface area (Å²) in [5, 5.41) is 6.84. The van der Waals surface area contributed by atoms with Gasteiger partial charge in [0.2, 0.25) is 5.91 Å². The van der Waals surface area contributed by atoms with Crippen molar-refractivity contribution in [3.63, 3.8) is 0 Å². The largest absolute Gasteiger partial charge is 0.366 e. The van der Waals surface area contributed by atoms with E-state index in [4.69, 9.17) is 11.5 Å². The van der Waals surface area contributed by atoms with Gasteiger partial charge in [-0.3, -0.25) is 9.89 Å². The molecule has 0 saturated heterocycles. The highest BCUT2D eigenvalue weighted by molar-refractivity contribution is 5.99. The van der Waals surface area contributed by atoms with E-state index < -0.39 is 17.5 Å². The van der Waals surface area contributed by atoms with E-state index in [0.717, 1.165) is 31.5 Å². The van der Waals surface area contributed by atoms with Gasteiger partial charge in [0, 0.05) is 16.7 Å². The van der Waals surface area contributed by atoms with Gasteiger partial charge in [-0.05, 0) is 55.3 Å². The lowest BCUT2D eigenvalue weighted by Gasteiger charge is -2.03. The van der Waals surface area contributed by atoms with Gasteiger partial charge in [-0.1, -0.05) is 48.5 Å². The first kappa shape index (κ1) is 22.8. The van der Waals surface area contributed by atoms with Gasteiger partial charge >= 0.3 is 0 Å². The van der Waals surface area contributed by atoms with Crippen LogP contribution in [0.4, 0.5) is 8.78 Å². The molecule has 4 rings (SSSR count). The Morgan fingerprint density at radius 2 is 1.62 bits per heavy atom. The van der Waals surface area contributed by atoms with Crippen molar-refractivity contribution < 1.29 is 13.6 Å². The molecule has 0 aliphatic heterocycles. The molecule has 1 heterocycles. The molecule has 0 saturated carbocycles. The fourth-order valence-corrected chi connectivity index (χ4v) is 3.15. The maximum Gasteiger partial charge on any atom is 0.249 e. The Balaban J connectivity index is 0.000000243. The third-order valence-electron chi connectivity index (χ3n) is 4.79. The van der Waals surface area contributed by atoms with Gasteiger partial charge in [0.05, 0.1) is 11.4 Å². The first-order valence-electron chi connectivity index (χ1n) is 10.1. The number of carbonyl (C=O) groups is 1. The molecule has 5 N–H and O–H groups in total. The van der Waals surface area contributed by atoms with Gasteiger partial charge in [0.25, 0.3) is 0 Å². The first-order valence-corrected chi connectivity index (χ1v) is 10.1. The molecule has 0 spiro atoms. The number of aromatic amines is 1. The average Bonchev–Trinajstić information content (AvgIpc) is 3.31. The molecule has 0 aliphatic carbocycles. The second-order valence-corrected chi connectivity index (χ2v) is 7.08. The van der Waals surface area contributed by atoms with Crippen molar-refractivity contribution in [3.8, 4) is 22.5 Å². The topological polar surface area (TPSA) is 97.8 Å². The minimum atomic E-state index is -0.945. The fraction of sp³-hybridized carbons (Fsp3) is 0.120. The van der Waals surface area contributed by atoms with E-state index in [1.54, 1.807) is 30.3 Å². The molecule has 32 heavy (non-hydrogen) atoms. The number of hydrogen-bond acceptors (Lipinski definition) is 3. The molecule has 164 valence electrons. The Labute approximate surface area is 185 Å². The molecule has 0 unspecified atom stereocenters. The molecule has 5 nitrogen and oxygen atoms in total. The SMILES string of the molecule is NC(=O)c1ccccc1-c1cc(-c2ccc(F)c(F)c2)n[nH]1.NCCCc1ccccc1. The maximum atomic E-state index is 13.3. The number of aromatic nitrogens is 2. The third kappa shape index (κ3) is 5.86. The van der Waals surface area contributed by atoms with Crippen LogP contribution in [-0.4, -0.2) is 22.6 Å². The van der Waals surface area contributed by atoms with E-state index in [9.17, 15) is 13.6 Å². The zero-order valence-electron chi connectivity index (χ0n) is 17.4. The van der Waals surface area contributed by atoms with Crippen molar-refractivity contribution in [3.05, 3.63) is 102 Å². The normalized spacial score (nSPS) is 10.3. The van der Waals surface area contributed by atoms with Crippen LogP contribution in [0, 0.1) is 11.6 Å². The summed E-state index contributed by atoms with van der Waals surface area (Å²) in [5.74, 6) is -2.42. The lowest BCUT2D eigenvalue weighted by atomic mass is 10.0. The Bertz CT molecular complexity index is 1180. The molecular weight excluding hydrogens is 410 g/mol. The zero-order valence-corrected chi connectivity index (χ0v) is 17.4. The second kappa shape index (κ2) is 11.0. The van der Waals surface area contributed by atoms with Crippen LogP contribution in [0.25, 0.3) is 22.5 Å². The standard InChI is InChI=1S/C16H11F2N3O.C9H13N/c17-12-6-5-9(7-13(12)18)14-8-15(21-20-14)10-3-1-2-4-11(10)16(19)22;10-8-4-7-9-5-2-1-3-6-9/h1-8H,(H2,19,22)(H,20,21);1-3,5-6H,4,7-8,10H2. The maximum absolute atomic E-state index is 13.3. The van der Waals surface area contributed by atoms with E-state index in [2.05, 4.69) is 34.5 Å². The van der Waals surface area contributed by atoms with Crippen molar-refractivity contribution in [2.45, 2.75) is 12.8 Å². The summed E-state index contributed by atoms with van der Waals surface area (Å²) in [4.78, 5) is 11.5. The number of hydrogen-bond donors (Lipinski definition) is 3. The monoisotopic (exact) mass is 434 g/mol. The Kier molecular flexibility index (Phi) is 7.83. The van der Waals surface area contributed by atoms with Crippen molar-refractivity contribution in [1.82, 2.24) is 10.2 Å². The lowest BCUT2D eigenvalue weighted by Crippen LogP contribution is -2.12. The average molecular weight is 434 g/mol. The van der Waals surface area contributed by atoms with E-state index >= 15 is 0 Å². The number of primary amides is 1. The number of amides is 1. The number of nitrogens with one attached hydrogen (secondary N) is 1. The zero-order chi connectivity index (χ0) is 22.9. The van der Waals surface area contributed by atoms with Crippen molar-refractivity contribution in [1.29, 1.82) is 0 Å². The summed E-state index contributed by atoms with van der Waals surface area (Å²) >= 11 is 0.